The van der Waals surface area contributed by atoms with Crippen LogP contribution in [0.15, 0.2) is 18.2 Å². The van der Waals surface area contributed by atoms with E-state index in [1.165, 1.54) is 0 Å². The number of esters is 1. The van der Waals surface area contributed by atoms with Gasteiger partial charge in [-0.15, -0.1) is 0 Å². The fraction of sp³-hybridized carbons (Fsp3) is 0.417. The maximum absolute atomic E-state index is 12.7. The van der Waals surface area contributed by atoms with Crippen LogP contribution in [0.2, 0.25) is 0 Å². The van der Waals surface area contributed by atoms with Crippen LogP contribution in [0.4, 0.5) is 13.2 Å². The van der Waals surface area contributed by atoms with E-state index in [-0.39, 0.29) is 25.3 Å². The average Bonchev–Trinajstić information content (AvgIpc) is 2.30. The molecule has 0 saturated heterocycles. The fourth-order valence-electron chi connectivity index (χ4n) is 1.49. The van der Waals surface area contributed by atoms with Gasteiger partial charge < -0.3 is 15.2 Å². The Hall–Kier alpha value is -1.76. The SMILES string of the molecule is CCOC(=O)CNCc1ccc(O)cc1C(F)(F)F. The van der Waals surface area contributed by atoms with Crippen molar-refractivity contribution in [2.45, 2.75) is 19.6 Å². The molecule has 4 nitrogen and oxygen atoms in total. The topological polar surface area (TPSA) is 58.6 Å². The van der Waals surface area contributed by atoms with Gasteiger partial charge in [0, 0.05) is 6.54 Å². The predicted octanol–water partition coefficient (Wildman–Crippen LogP) is 2.06. The summed E-state index contributed by atoms with van der Waals surface area (Å²) < 4.78 is 42.7. The highest BCUT2D eigenvalue weighted by Crippen LogP contribution is 2.34. The summed E-state index contributed by atoms with van der Waals surface area (Å²) in [5.74, 6) is -0.990. The first-order valence-corrected chi connectivity index (χ1v) is 5.60. The Balaban J connectivity index is 2.71. The van der Waals surface area contributed by atoms with Crippen LogP contribution in [0, 0.1) is 0 Å². The highest BCUT2D eigenvalue weighted by Gasteiger charge is 2.33. The van der Waals surface area contributed by atoms with Gasteiger partial charge in [-0.25, -0.2) is 0 Å². The number of hydrogen-bond acceptors (Lipinski definition) is 4. The third kappa shape index (κ3) is 4.78. The lowest BCUT2D eigenvalue weighted by atomic mass is 10.1. The van der Waals surface area contributed by atoms with Crippen LogP contribution in [0.25, 0.3) is 0 Å². The molecule has 0 aromatic heterocycles. The zero-order valence-corrected chi connectivity index (χ0v) is 10.3. The van der Waals surface area contributed by atoms with Crippen LogP contribution in [0.5, 0.6) is 5.75 Å². The lowest BCUT2D eigenvalue weighted by Gasteiger charge is -2.13. The van der Waals surface area contributed by atoms with Gasteiger partial charge in [0.05, 0.1) is 18.7 Å². The van der Waals surface area contributed by atoms with Gasteiger partial charge in [-0.2, -0.15) is 13.2 Å². The van der Waals surface area contributed by atoms with Crippen molar-refractivity contribution in [3.8, 4) is 5.75 Å². The molecule has 0 spiro atoms. The number of carbonyl (C=O) groups is 1. The first kappa shape index (κ1) is 15.3. The smallest absolute Gasteiger partial charge is 0.416 e. The Bertz CT molecular complexity index is 446. The minimum atomic E-state index is -4.56. The Kier molecular flexibility index (Phi) is 5.17. The molecule has 0 radical (unpaired) electrons. The molecule has 0 aliphatic heterocycles. The molecule has 0 aliphatic carbocycles. The van der Waals surface area contributed by atoms with Crippen LogP contribution in [0.3, 0.4) is 0 Å². The Labute approximate surface area is 108 Å². The molecule has 0 amide bonds. The molecular weight excluding hydrogens is 263 g/mol. The monoisotopic (exact) mass is 277 g/mol. The predicted molar refractivity (Wildman–Crippen MR) is 61.4 cm³/mol. The summed E-state index contributed by atoms with van der Waals surface area (Å²) in [5, 5.41) is 11.7. The summed E-state index contributed by atoms with van der Waals surface area (Å²) in [6, 6.07) is 2.98. The van der Waals surface area contributed by atoms with Crippen molar-refractivity contribution in [3.63, 3.8) is 0 Å². The van der Waals surface area contributed by atoms with Crippen molar-refractivity contribution in [2.75, 3.05) is 13.2 Å². The molecule has 0 unspecified atom stereocenters. The van der Waals surface area contributed by atoms with E-state index in [1.807, 2.05) is 0 Å². The third-order valence-corrected chi connectivity index (χ3v) is 2.29. The van der Waals surface area contributed by atoms with Crippen LogP contribution in [-0.4, -0.2) is 24.2 Å². The van der Waals surface area contributed by atoms with Crippen molar-refractivity contribution in [1.29, 1.82) is 0 Å². The number of ether oxygens (including phenoxy) is 1. The summed E-state index contributed by atoms with van der Waals surface area (Å²) in [7, 11) is 0. The number of benzene rings is 1. The van der Waals surface area contributed by atoms with E-state index in [2.05, 4.69) is 10.1 Å². The number of nitrogens with one attached hydrogen (secondary N) is 1. The molecule has 0 atom stereocenters. The van der Waals surface area contributed by atoms with E-state index in [9.17, 15) is 18.0 Å². The van der Waals surface area contributed by atoms with Crippen molar-refractivity contribution in [3.05, 3.63) is 29.3 Å². The number of phenols is 1. The highest BCUT2D eigenvalue weighted by atomic mass is 19.4. The number of halogens is 3. The molecule has 0 fully saturated rings. The zero-order chi connectivity index (χ0) is 14.5. The van der Waals surface area contributed by atoms with Crippen LogP contribution in [-0.2, 0) is 22.3 Å². The molecule has 19 heavy (non-hydrogen) atoms. The molecule has 7 heteroatoms. The van der Waals surface area contributed by atoms with Crippen LogP contribution in [0.1, 0.15) is 18.1 Å². The van der Waals surface area contributed by atoms with Crippen LogP contribution >= 0.6 is 0 Å². The summed E-state index contributed by atoms with van der Waals surface area (Å²) in [6.07, 6.45) is -4.56. The van der Waals surface area contributed by atoms with Crippen molar-refractivity contribution in [1.82, 2.24) is 5.32 Å². The van der Waals surface area contributed by atoms with Gasteiger partial charge in [0.25, 0.3) is 0 Å². The molecule has 0 bridgehead atoms. The van der Waals surface area contributed by atoms with E-state index < -0.39 is 23.5 Å². The summed E-state index contributed by atoms with van der Waals surface area (Å²) >= 11 is 0. The highest BCUT2D eigenvalue weighted by molar-refractivity contribution is 5.71. The minimum Gasteiger partial charge on any atom is -0.508 e. The molecule has 1 aromatic rings. The van der Waals surface area contributed by atoms with E-state index in [1.54, 1.807) is 6.92 Å². The molecule has 0 heterocycles. The Morgan fingerprint density at radius 1 is 1.42 bits per heavy atom. The van der Waals surface area contributed by atoms with E-state index in [0.717, 1.165) is 12.1 Å². The summed E-state index contributed by atoms with van der Waals surface area (Å²) in [5.41, 5.74) is -0.974. The molecule has 1 aromatic carbocycles. The largest absolute Gasteiger partial charge is 0.508 e. The van der Waals surface area contributed by atoms with Crippen molar-refractivity contribution < 1.29 is 27.8 Å². The molecule has 0 aliphatic rings. The zero-order valence-electron chi connectivity index (χ0n) is 10.3. The molecule has 0 saturated carbocycles. The number of carbonyl (C=O) groups excluding carboxylic acids is 1. The fourth-order valence-corrected chi connectivity index (χ4v) is 1.49. The van der Waals surface area contributed by atoms with E-state index >= 15 is 0 Å². The van der Waals surface area contributed by atoms with Gasteiger partial charge in [-0.3, -0.25) is 4.79 Å². The van der Waals surface area contributed by atoms with Crippen molar-refractivity contribution >= 4 is 5.97 Å². The number of alkyl halides is 3. The molecule has 106 valence electrons. The van der Waals surface area contributed by atoms with Crippen LogP contribution < -0.4 is 5.32 Å². The second kappa shape index (κ2) is 6.42. The van der Waals surface area contributed by atoms with Gasteiger partial charge in [0.1, 0.15) is 5.75 Å². The lowest BCUT2D eigenvalue weighted by molar-refractivity contribution is -0.142. The number of hydrogen-bond donors (Lipinski definition) is 2. The normalized spacial score (nSPS) is 11.4. The van der Waals surface area contributed by atoms with Crippen molar-refractivity contribution in [2.24, 2.45) is 0 Å². The third-order valence-electron chi connectivity index (χ3n) is 2.29. The van der Waals surface area contributed by atoms with Gasteiger partial charge >= 0.3 is 12.1 Å². The van der Waals surface area contributed by atoms with E-state index in [0.29, 0.717) is 6.07 Å². The molecule has 2 N–H and O–H groups in total. The average molecular weight is 277 g/mol. The van der Waals surface area contributed by atoms with Gasteiger partial charge in [0.2, 0.25) is 0 Å². The Morgan fingerprint density at radius 3 is 2.68 bits per heavy atom. The standard InChI is InChI=1S/C12H14F3NO3/c1-2-19-11(18)7-16-6-8-3-4-9(17)5-10(8)12(13,14)15/h3-5,16-17H,2,6-7H2,1H3. The Morgan fingerprint density at radius 2 is 2.11 bits per heavy atom. The number of rotatable bonds is 5. The first-order valence-electron chi connectivity index (χ1n) is 5.60. The maximum atomic E-state index is 12.7. The number of phenolic OH excluding ortho intramolecular Hbond substituents is 1. The number of aromatic hydroxyl groups is 1. The second-order valence-corrected chi connectivity index (χ2v) is 3.75. The summed E-state index contributed by atoms with van der Waals surface area (Å²) in [4.78, 5) is 11.0. The second-order valence-electron chi connectivity index (χ2n) is 3.75. The van der Waals surface area contributed by atoms with Gasteiger partial charge in [-0.1, -0.05) is 6.07 Å². The molecular formula is C12H14F3NO3. The lowest BCUT2D eigenvalue weighted by Crippen LogP contribution is -2.25. The summed E-state index contributed by atoms with van der Waals surface area (Å²) in [6.45, 7) is 1.53. The maximum Gasteiger partial charge on any atom is 0.416 e. The molecule has 1 rings (SSSR count). The minimum absolute atomic E-state index is 0.0467. The quantitative estimate of drug-likeness (QED) is 0.809. The van der Waals surface area contributed by atoms with Gasteiger partial charge in [0.15, 0.2) is 0 Å². The van der Waals surface area contributed by atoms with E-state index in [4.69, 9.17) is 5.11 Å². The first-order chi connectivity index (χ1) is 8.84. The van der Waals surface area contributed by atoms with Gasteiger partial charge in [-0.05, 0) is 24.6 Å².